The Balaban J connectivity index is 1.85. The van der Waals surface area contributed by atoms with Gasteiger partial charge in [0.15, 0.2) is 5.60 Å². The Labute approximate surface area is 124 Å². The van der Waals surface area contributed by atoms with Crippen LogP contribution in [0.5, 0.6) is 0 Å². The van der Waals surface area contributed by atoms with Crippen LogP contribution >= 0.6 is 0 Å². The summed E-state index contributed by atoms with van der Waals surface area (Å²) >= 11 is 0. The maximum Gasteiger partial charge on any atom is 0.419 e. The Bertz CT molecular complexity index is 732. The lowest BCUT2D eigenvalue weighted by Crippen LogP contribution is -2.48. The lowest BCUT2D eigenvalue weighted by atomic mass is 10.0. The van der Waals surface area contributed by atoms with Crippen molar-refractivity contribution in [1.82, 2.24) is 9.88 Å². The van der Waals surface area contributed by atoms with Crippen molar-refractivity contribution in [2.24, 2.45) is 0 Å². The van der Waals surface area contributed by atoms with E-state index in [1.165, 1.54) is 6.07 Å². The van der Waals surface area contributed by atoms with Crippen molar-refractivity contribution >= 4 is 16.8 Å². The number of hydrogen-bond donors (Lipinski definition) is 1. The third-order valence-electron chi connectivity index (χ3n) is 3.88. The molecular formula is C15H13F3N2O2. The molecule has 7 heteroatoms. The fraction of sp³-hybridized carbons (Fsp3) is 0.333. The number of likely N-dealkylation sites (tertiary alicyclic amines) is 1. The van der Waals surface area contributed by atoms with Crippen LogP contribution in [0.25, 0.3) is 10.9 Å². The summed E-state index contributed by atoms with van der Waals surface area (Å²) in [6.45, 7) is -0.910. The standard InChI is InChI=1S/C15H13F3N2O2/c16-15(17,18)14(22)7-8-20(9-14)13(21)12-6-5-10-3-1-2-4-11(10)19-12/h1-6,22H,7-9H2/t14-/m0/s1. The van der Waals surface area contributed by atoms with Crippen molar-refractivity contribution in [1.29, 1.82) is 0 Å². The van der Waals surface area contributed by atoms with Gasteiger partial charge in [0.1, 0.15) is 5.69 Å². The van der Waals surface area contributed by atoms with Gasteiger partial charge in [-0.1, -0.05) is 24.3 Å². The monoisotopic (exact) mass is 310 g/mol. The molecule has 0 spiro atoms. The van der Waals surface area contributed by atoms with Gasteiger partial charge in [-0.25, -0.2) is 4.98 Å². The van der Waals surface area contributed by atoms with Gasteiger partial charge in [-0.2, -0.15) is 13.2 Å². The number of carbonyl (C=O) groups excluding carboxylic acids is 1. The van der Waals surface area contributed by atoms with Gasteiger partial charge in [-0.3, -0.25) is 4.79 Å². The summed E-state index contributed by atoms with van der Waals surface area (Å²) in [5, 5.41) is 10.5. The fourth-order valence-electron chi connectivity index (χ4n) is 2.55. The number of nitrogens with zero attached hydrogens (tertiary/aromatic N) is 2. The van der Waals surface area contributed by atoms with Gasteiger partial charge in [0, 0.05) is 18.4 Å². The van der Waals surface area contributed by atoms with Gasteiger partial charge in [0.25, 0.3) is 5.91 Å². The number of alkyl halides is 3. The first-order chi connectivity index (χ1) is 10.3. The second-order valence-electron chi connectivity index (χ2n) is 5.40. The number of aliphatic hydroxyl groups is 1. The lowest BCUT2D eigenvalue weighted by Gasteiger charge is -2.25. The molecule has 0 saturated carbocycles. The van der Waals surface area contributed by atoms with Crippen LogP contribution in [0, 0.1) is 0 Å². The van der Waals surface area contributed by atoms with E-state index in [1.807, 2.05) is 12.1 Å². The highest BCUT2D eigenvalue weighted by Gasteiger charge is 2.57. The molecule has 1 saturated heterocycles. The summed E-state index contributed by atoms with van der Waals surface area (Å²) in [5.41, 5.74) is -2.16. The van der Waals surface area contributed by atoms with Crippen molar-refractivity contribution < 1.29 is 23.1 Å². The Kier molecular flexibility index (Phi) is 3.32. The molecule has 4 nitrogen and oxygen atoms in total. The maximum absolute atomic E-state index is 12.8. The summed E-state index contributed by atoms with van der Waals surface area (Å²) in [5.74, 6) is -0.606. The maximum atomic E-state index is 12.8. The molecule has 1 amide bonds. The number of amides is 1. The quantitative estimate of drug-likeness (QED) is 0.880. The van der Waals surface area contributed by atoms with Gasteiger partial charge in [0.05, 0.1) is 12.1 Å². The zero-order chi connectivity index (χ0) is 16.0. The number of carbonyl (C=O) groups is 1. The zero-order valence-electron chi connectivity index (χ0n) is 11.5. The second-order valence-corrected chi connectivity index (χ2v) is 5.40. The normalized spacial score (nSPS) is 22.3. The Hall–Kier alpha value is -2.15. The van der Waals surface area contributed by atoms with Crippen LogP contribution < -0.4 is 0 Å². The van der Waals surface area contributed by atoms with Crippen molar-refractivity contribution in [3.63, 3.8) is 0 Å². The zero-order valence-corrected chi connectivity index (χ0v) is 11.5. The summed E-state index contributed by atoms with van der Waals surface area (Å²) in [7, 11) is 0. The van der Waals surface area contributed by atoms with Gasteiger partial charge < -0.3 is 10.0 Å². The molecular weight excluding hydrogens is 297 g/mol. The van der Waals surface area contributed by atoms with Gasteiger partial charge in [0.2, 0.25) is 0 Å². The first-order valence-corrected chi connectivity index (χ1v) is 6.74. The first kappa shape index (κ1) is 14.8. The van der Waals surface area contributed by atoms with E-state index in [2.05, 4.69) is 4.98 Å². The molecule has 116 valence electrons. The average Bonchev–Trinajstić information content (AvgIpc) is 2.89. The SMILES string of the molecule is O=C(c1ccc2ccccc2n1)N1CC[C@@](O)(C(F)(F)F)C1. The van der Waals surface area contributed by atoms with Crippen molar-refractivity contribution in [3.8, 4) is 0 Å². The van der Waals surface area contributed by atoms with Crippen LogP contribution in [-0.2, 0) is 0 Å². The summed E-state index contributed by atoms with van der Waals surface area (Å²) < 4.78 is 38.4. The van der Waals surface area contributed by atoms with Crippen LogP contribution in [0.3, 0.4) is 0 Å². The highest BCUT2D eigenvalue weighted by Crippen LogP contribution is 2.37. The molecule has 1 aromatic carbocycles. The van der Waals surface area contributed by atoms with E-state index in [0.717, 1.165) is 10.3 Å². The van der Waals surface area contributed by atoms with Crippen LogP contribution in [0.4, 0.5) is 13.2 Å². The second kappa shape index (κ2) is 4.95. The van der Waals surface area contributed by atoms with Gasteiger partial charge in [-0.15, -0.1) is 0 Å². The van der Waals surface area contributed by atoms with Crippen LogP contribution in [0.2, 0.25) is 0 Å². The van der Waals surface area contributed by atoms with E-state index in [-0.39, 0.29) is 12.2 Å². The van der Waals surface area contributed by atoms with Gasteiger partial charge in [-0.05, 0) is 12.1 Å². The first-order valence-electron chi connectivity index (χ1n) is 6.74. The molecule has 3 rings (SSSR count). The number of rotatable bonds is 1. The number of para-hydroxylation sites is 1. The predicted molar refractivity (Wildman–Crippen MR) is 73.3 cm³/mol. The molecule has 2 aromatic rings. The molecule has 1 atom stereocenters. The third-order valence-corrected chi connectivity index (χ3v) is 3.88. The Morgan fingerprint density at radius 3 is 2.64 bits per heavy atom. The molecule has 2 heterocycles. The Morgan fingerprint density at radius 1 is 1.23 bits per heavy atom. The molecule has 1 fully saturated rings. The molecule has 22 heavy (non-hydrogen) atoms. The number of aromatic nitrogens is 1. The molecule has 0 unspecified atom stereocenters. The minimum Gasteiger partial charge on any atom is -0.379 e. The smallest absolute Gasteiger partial charge is 0.379 e. The average molecular weight is 310 g/mol. The van der Waals surface area contributed by atoms with E-state index >= 15 is 0 Å². The molecule has 1 aromatic heterocycles. The van der Waals surface area contributed by atoms with E-state index < -0.39 is 30.7 Å². The van der Waals surface area contributed by atoms with E-state index in [1.54, 1.807) is 18.2 Å². The van der Waals surface area contributed by atoms with E-state index in [9.17, 15) is 23.1 Å². The van der Waals surface area contributed by atoms with Crippen LogP contribution in [0.1, 0.15) is 16.9 Å². The number of hydrogen-bond acceptors (Lipinski definition) is 3. The molecule has 1 aliphatic rings. The number of β-amino-alcohol motifs (C(OH)–C–C–N with tert-alkyl or cyclic N) is 1. The van der Waals surface area contributed by atoms with E-state index in [4.69, 9.17) is 0 Å². The minimum atomic E-state index is -4.75. The van der Waals surface area contributed by atoms with Crippen molar-refractivity contribution in [3.05, 3.63) is 42.1 Å². The molecule has 1 aliphatic heterocycles. The molecule has 0 bridgehead atoms. The number of benzene rings is 1. The predicted octanol–water partition coefficient (Wildman–Crippen LogP) is 2.37. The van der Waals surface area contributed by atoms with E-state index in [0.29, 0.717) is 5.52 Å². The highest BCUT2D eigenvalue weighted by molar-refractivity contribution is 5.95. The minimum absolute atomic E-state index is 0.0742. The summed E-state index contributed by atoms with van der Waals surface area (Å²) in [6, 6.07) is 10.3. The lowest BCUT2D eigenvalue weighted by molar-refractivity contribution is -0.253. The largest absolute Gasteiger partial charge is 0.419 e. The third kappa shape index (κ3) is 2.41. The van der Waals surface area contributed by atoms with Crippen LogP contribution in [0.15, 0.2) is 36.4 Å². The van der Waals surface area contributed by atoms with Crippen LogP contribution in [-0.4, -0.2) is 45.8 Å². The summed E-state index contributed by atoms with van der Waals surface area (Å²) in [4.78, 5) is 17.5. The number of halogens is 3. The topological polar surface area (TPSA) is 53.4 Å². The Morgan fingerprint density at radius 2 is 1.95 bits per heavy atom. The molecule has 0 radical (unpaired) electrons. The van der Waals surface area contributed by atoms with Crippen molar-refractivity contribution in [2.45, 2.75) is 18.2 Å². The summed E-state index contributed by atoms with van der Waals surface area (Å²) in [6.07, 6.45) is -5.27. The van der Waals surface area contributed by atoms with Crippen molar-refractivity contribution in [2.75, 3.05) is 13.1 Å². The number of pyridine rings is 1. The van der Waals surface area contributed by atoms with Gasteiger partial charge >= 0.3 is 6.18 Å². The molecule has 1 N–H and O–H groups in total. The number of fused-ring (bicyclic) bond motifs is 1. The molecule has 0 aliphatic carbocycles. The fourth-order valence-corrected chi connectivity index (χ4v) is 2.55. The highest BCUT2D eigenvalue weighted by atomic mass is 19.4.